The fourth-order valence-electron chi connectivity index (χ4n) is 7.94. The Hall–Kier alpha value is -3.99. The summed E-state index contributed by atoms with van der Waals surface area (Å²) in [5.41, 5.74) is 12.4. The van der Waals surface area contributed by atoms with Gasteiger partial charge in [0.25, 0.3) is 0 Å². The van der Waals surface area contributed by atoms with Crippen molar-refractivity contribution in [3.05, 3.63) is 118 Å². The van der Waals surface area contributed by atoms with Crippen LogP contribution in [0.3, 0.4) is 0 Å². The Labute approximate surface area is 312 Å². The number of fused-ring (bicyclic) bond motifs is 6. The van der Waals surface area contributed by atoms with Crippen molar-refractivity contribution in [2.24, 2.45) is 0 Å². The van der Waals surface area contributed by atoms with Crippen LogP contribution >= 0.6 is 25.1 Å². The molecule has 6 aromatic rings. The Morgan fingerprint density at radius 2 is 0.962 bits per heavy atom. The van der Waals surface area contributed by atoms with Gasteiger partial charge in [-0.05, 0) is 156 Å². The highest BCUT2D eigenvalue weighted by atomic mass is 31.1. The van der Waals surface area contributed by atoms with E-state index in [1.807, 2.05) is 0 Å². The summed E-state index contributed by atoms with van der Waals surface area (Å²) < 4.78 is 20.7. The molecule has 260 valence electrons. The van der Waals surface area contributed by atoms with Gasteiger partial charge in [-0.2, -0.15) is 0 Å². The van der Waals surface area contributed by atoms with Crippen LogP contribution in [0.5, 0.6) is 34.5 Å². The van der Waals surface area contributed by atoms with Crippen molar-refractivity contribution in [1.82, 2.24) is 0 Å². The molecule has 0 radical (unpaired) electrons. The molecule has 9 rings (SSSR count). The SMILES string of the molecule is CCCCP1c2cc(C)cc(-c3c(C)ccc4c3Pc3cc(C)ccc3O4)c2Oc2c(-c3c(C)ccc4c3Pc3cc(C)ccc3O4)cc(C)cc21. The van der Waals surface area contributed by atoms with E-state index in [4.69, 9.17) is 14.2 Å². The summed E-state index contributed by atoms with van der Waals surface area (Å²) in [6.45, 7) is 15.6. The zero-order valence-electron chi connectivity index (χ0n) is 30.9. The largest absolute Gasteiger partial charge is 0.456 e. The van der Waals surface area contributed by atoms with Crippen molar-refractivity contribution in [3.63, 3.8) is 0 Å². The van der Waals surface area contributed by atoms with E-state index in [9.17, 15) is 0 Å². The lowest BCUT2D eigenvalue weighted by Gasteiger charge is -2.34. The maximum Gasteiger partial charge on any atom is 0.143 e. The highest BCUT2D eigenvalue weighted by Gasteiger charge is 2.35. The van der Waals surface area contributed by atoms with E-state index in [-0.39, 0.29) is 0 Å². The molecule has 0 saturated heterocycles. The molecule has 3 aliphatic rings. The zero-order chi connectivity index (χ0) is 35.8. The molecule has 2 unspecified atom stereocenters. The van der Waals surface area contributed by atoms with Gasteiger partial charge in [0.1, 0.15) is 34.5 Å². The van der Waals surface area contributed by atoms with Crippen molar-refractivity contribution in [1.29, 1.82) is 0 Å². The van der Waals surface area contributed by atoms with Crippen LogP contribution in [-0.4, -0.2) is 6.16 Å². The molecule has 0 N–H and O–H groups in total. The van der Waals surface area contributed by atoms with Crippen LogP contribution < -0.4 is 46.0 Å². The number of ether oxygens (including phenoxy) is 3. The molecule has 0 aliphatic carbocycles. The predicted octanol–water partition coefficient (Wildman–Crippen LogP) is 10.7. The highest BCUT2D eigenvalue weighted by Crippen LogP contribution is 2.54. The summed E-state index contributed by atoms with van der Waals surface area (Å²) in [5, 5.41) is 7.78. The molecule has 6 heteroatoms. The van der Waals surface area contributed by atoms with Crippen LogP contribution in [-0.2, 0) is 0 Å². The van der Waals surface area contributed by atoms with E-state index < -0.39 is 7.92 Å². The highest BCUT2D eigenvalue weighted by molar-refractivity contribution is 7.73. The predicted molar refractivity (Wildman–Crippen MR) is 226 cm³/mol. The molecule has 0 saturated carbocycles. The third kappa shape index (κ3) is 5.69. The number of hydrogen-bond acceptors (Lipinski definition) is 3. The summed E-state index contributed by atoms with van der Waals surface area (Å²) in [7, 11) is 0.326. The van der Waals surface area contributed by atoms with Crippen molar-refractivity contribution in [3.8, 4) is 56.8 Å². The topological polar surface area (TPSA) is 27.7 Å². The first-order valence-electron chi connectivity index (χ1n) is 18.3. The van der Waals surface area contributed by atoms with Crippen LogP contribution in [0.15, 0.2) is 84.9 Å². The number of unbranched alkanes of at least 4 members (excludes halogenated alkanes) is 1. The molecule has 3 nitrogen and oxygen atoms in total. The normalized spacial score (nSPS) is 15.7. The van der Waals surface area contributed by atoms with Gasteiger partial charge >= 0.3 is 0 Å². The molecule has 0 spiro atoms. The lowest BCUT2D eigenvalue weighted by atomic mass is 9.96. The summed E-state index contributed by atoms with van der Waals surface area (Å²) in [6, 6.07) is 31.4. The summed E-state index contributed by atoms with van der Waals surface area (Å²) in [4.78, 5) is 0. The molecule has 3 heterocycles. The van der Waals surface area contributed by atoms with Gasteiger partial charge in [-0.3, -0.25) is 0 Å². The molecule has 2 atom stereocenters. The van der Waals surface area contributed by atoms with Gasteiger partial charge in [0.05, 0.1) is 0 Å². The zero-order valence-corrected chi connectivity index (χ0v) is 33.8. The monoisotopic (exact) mass is 736 g/mol. The van der Waals surface area contributed by atoms with E-state index in [0.29, 0.717) is 17.2 Å². The number of rotatable bonds is 5. The third-order valence-electron chi connectivity index (χ3n) is 10.5. The Balaban J connectivity index is 1.26. The fourth-order valence-corrected chi connectivity index (χ4v) is 13.9. The summed E-state index contributed by atoms with van der Waals surface area (Å²) >= 11 is 0. The first-order valence-corrected chi connectivity index (χ1v) is 21.8. The molecular formula is C46H43O3P3. The van der Waals surface area contributed by atoms with E-state index in [1.54, 1.807) is 0 Å². The molecule has 6 aromatic carbocycles. The van der Waals surface area contributed by atoms with Crippen LogP contribution in [0.2, 0.25) is 0 Å². The second kappa shape index (κ2) is 13.1. The van der Waals surface area contributed by atoms with Crippen LogP contribution in [0.25, 0.3) is 22.3 Å². The van der Waals surface area contributed by atoms with Crippen molar-refractivity contribution in [2.75, 3.05) is 6.16 Å². The standard InChI is InChI=1S/C46H43O3P3/c1-8-9-18-52-39-23-27(4)19-31(41-29(6)12-16-35-45(41)50-37-21-25(2)10-14-33(37)47-35)43(39)49-44-32(20-28(5)24-40(44)52)42-30(7)13-17-36-46(42)51-38-22-26(3)11-15-34(38)48-36/h10-17,19-24,50-51H,8-9,18H2,1-7H3. The van der Waals surface area contributed by atoms with Gasteiger partial charge in [-0.15, -0.1) is 0 Å². The van der Waals surface area contributed by atoms with E-state index in [2.05, 4.69) is 133 Å². The molecule has 0 aromatic heterocycles. The Morgan fingerprint density at radius 1 is 0.500 bits per heavy atom. The van der Waals surface area contributed by atoms with Crippen LogP contribution in [0.4, 0.5) is 0 Å². The van der Waals surface area contributed by atoms with Gasteiger partial charge in [0.2, 0.25) is 0 Å². The second-order valence-electron chi connectivity index (χ2n) is 14.6. The Morgan fingerprint density at radius 3 is 1.42 bits per heavy atom. The smallest absolute Gasteiger partial charge is 0.143 e. The number of aryl methyl sites for hydroxylation is 6. The average molecular weight is 737 g/mol. The molecule has 0 bridgehead atoms. The Bertz CT molecular complexity index is 2300. The van der Waals surface area contributed by atoms with Crippen LogP contribution in [0, 0.1) is 41.5 Å². The van der Waals surface area contributed by atoms with Crippen molar-refractivity contribution < 1.29 is 14.2 Å². The minimum Gasteiger partial charge on any atom is -0.456 e. The second-order valence-corrected chi connectivity index (χ2v) is 19.5. The maximum atomic E-state index is 7.48. The molecule has 0 amide bonds. The Kier molecular flexibility index (Phi) is 8.55. The lowest BCUT2D eigenvalue weighted by Crippen LogP contribution is -2.26. The summed E-state index contributed by atoms with van der Waals surface area (Å²) in [5.74, 6) is 5.88. The molecule has 0 fully saturated rings. The van der Waals surface area contributed by atoms with Gasteiger partial charge in [0, 0.05) is 43.0 Å². The molecule has 3 aliphatic heterocycles. The van der Waals surface area contributed by atoms with Gasteiger partial charge < -0.3 is 14.2 Å². The fraction of sp³-hybridized carbons (Fsp3) is 0.217. The number of benzene rings is 6. The van der Waals surface area contributed by atoms with Crippen LogP contribution in [0.1, 0.15) is 53.1 Å². The maximum absolute atomic E-state index is 7.48. The summed E-state index contributed by atoms with van der Waals surface area (Å²) in [6.07, 6.45) is 3.47. The minimum absolute atomic E-state index is 0.499. The number of hydrogen-bond donors (Lipinski definition) is 0. The first kappa shape index (κ1) is 33.8. The quantitative estimate of drug-likeness (QED) is 0.165. The lowest BCUT2D eigenvalue weighted by molar-refractivity contribution is 0.487. The first-order chi connectivity index (χ1) is 25.2. The third-order valence-corrected chi connectivity index (χ3v) is 15.9. The molecule has 52 heavy (non-hydrogen) atoms. The van der Waals surface area contributed by atoms with Crippen molar-refractivity contribution >= 4 is 56.9 Å². The molecular weight excluding hydrogens is 693 g/mol. The van der Waals surface area contributed by atoms with Crippen molar-refractivity contribution in [2.45, 2.75) is 61.3 Å². The minimum atomic E-state index is -0.673. The van der Waals surface area contributed by atoms with E-state index >= 15 is 0 Å². The van der Waals surface area contributed by atoms with Gasteiger partial charge in [-0.1, -0.05) is 65.9 Å². The van der Waals surface area contributed by atoms with E-state index in [1.165, 1.54) is 93.9 Å². The average Bonchev–Trinajstić information content (AvgIpc) is 3.12. The van der Waals surface area contributed by atoms with E-state index in [0.717, 1.165) is 47.1 Å². The van der Waals surface area contributed by atoms with Gasteiger partial charge in [-0.25, -0.2) is 0 Å². The van der Waals surface area contributed by atoms with Gasteiger partial charge in [0.15, 0.2) is 0 Å².